The first-order valence-corrected chi connectivity index (χ1v) is 20.6. The van der Waals surface area contributed by atoms with E-state index in [1.54, 1.807) is 0 Å². The van der Waals surface area contributed by atoms with Crippen molar-refractivity contribution in [1.29, 1.82) is 0 Å². The fourth-order valence-corrected chi connectivity index (χ4v) is 10.3. The van der Waals surface area contributed by atoms with E-state index in [2.05, 4.69) is 217 Å². The summed E-state index contributed by atoms with van der Waals surface area (Å²) in [5.74, 6) is 1.80. The van der Waals surface area contributed by atoms with Crippen molar-refractivity contribution < 1.29 is 9.15 Å². The van der Waals surface area contributed by atoms with Gasteiger partial charge in [0.15, 0.2) is 0 Å². The molecule has 1 aliphatic carbocycles. The van der Waals surface area contributed by atoms with Gasteiger partial charge in [-0.2, -0.15) is 0 Å². The van der Waals surface area contributed by atoms with Crippen molar-refractivity contribution in [1.82, 2.24) is 0 Å². The highest BCUT2D eigenvalue weighted by Crippen LogP contribution is 2.62. The van der Waals surface area contributed by atoms with E-state index in [1.807, 2.05) is 0 Å². The minimum Gasteiger partial charge on any atom is -0.457 e. The Morgan fingerprint density at radius 1 is 0.367 bits per heavy atom. The molecule has 10 aromatic carbocycles. The van der Waals surface area contributed by atoms with Crippen LogP contribution in [0.4, 0.5) is 17.1 Å². The second-order valence-electron chi connectivity index (χ2n) is 16.0. The zero-order chi connectivity index (χ0) is 39.4. The average Bonchev–Trinajstić information content (AvgIpc) is 3.83. The zero-order valence-corrected chi connectivity index (χ0v) is 32.5. The number of fused-ring (bicyclic) bond motifs is 15. The van der Waals surface area contributed by atoms with Gasteiger partial charge in [0, 0.05) is 44.0 Å². The number of anilines is 3. The molecule has 1 aromatic heterocycles. The molecule has 0 amide bonds. The molecule has 0 radical (unpaired) electrons. The number of hydrogen-bond donors (Lipinski definition) is 0. The van der Waals surface area contributed by atoms with Gasteiger partial charge in [-0.25, -0.2) is 0 Å². The predicted octanol–water partition coefficient (Wildman–Crippen LogP) is 15.5. The Labute approximate surface area is 347 Å². The molecule has 60 heavy (non-hydrogen) atoms. The maximum atomic E-state index is 6.59. The van der Waals surface area contributed by atoms with Gasteiger partial charge >= 0.3 is 0 Å². The third kappa shape index (κ3) is 4.60. The van der Waals surface area contributed by atoms with Crippen molar-refractivity contribution in [2.45, 2.75) is 5.41 Å². The Morgan fingerprint density at radius 2 is 0.983 bits per heavy atom. The molecule has 0 saturated heterocycles. The molecule has 2 aliphatic rings. The van der Waals surface area contributed by atoms with E-state index >= 15 is 0 Å². The van der Waals surface area contributed by atoms with Crippen molar-refractivity contribution in [3.8, 4) is 33.8 Å². The van der Waals surface area contributed by atoms with Crippen molar-refractivity contribution in [3.05, 3.63) is 235 Å². The van der Waals surface area contributed by atoms with Gasteiger partial charge in [-0.05, 0) is 105 Å². The van der Waals surface area contributed by atoms with Crippen molar-refractivity contribution in [2.75, 3.05) is 4.90 Å². The van der Waals surface area contributed by atoms with E-state index in [9.17, 15) is 0 Å². The first kappa shape index (κ1) is 33.1. The second kappa shape index (κ2) is 12.6. The smallest absolute Gasteiger partial charge is 0.143 e. The highest BCUT2D eigenvalue weighted by molar-refractivity contribution is 6.16. The summed E-state index contributed by atoms with van der Waals surface area (Å²) in [6, 6.07) is 76.7. The lowest BCUT2D eigenvalue weighted by Gasteiger charge is -2.39. The number of nitrogens with zero attached hydrogens (tertiary/aromatic N) is 1. The van der Waals surface area contributed by atoms with Gasteiger partial charge in [0.25, 0.3) is 0 Å². The minimum absolute atomic E-state index is 0.513. The van der Waals surface area contributed by atoms with Crippen LogP contribution in [-0.2, 0) is 5.41 Å². The molecule has 3 heteroatoms. The molecular weight excluding hydrogens is 731 g/mol. The Hall–Kier alpha value is -7.88. The monoisotopic (exact) mass is 765 g/mol. The fraction of sp³-hybridized carbons (Fsp3) is 0.0175. The first-order valence-electron chi connectivity index (χ1n) is 20.6. The van der Waals surface area contributed by atoms with Gasteiger partial charge < -0.3 is 14.1 Å². The molecule has 0 unspecified atom stereocenters. The number of rotatable bonds is 4. The Bertz CT molecular complexity index is 3490. The van der Waals surface area contributed by atoms with Crippen LogP contribution < -0.4 is 9.64 Å². The van der Waals surface area contributed by atoms with Gasteiger partial charge in [0.1, 0.15) is 22.7 Å². The molecule has 1 aliphatic heterocycles. The molecule has 1 spiro atoms. The average molecular weight is 766 g/mol. The molecule has 11 aromatic rings. The van der Waals surface area contributed by atoms with Crippen LogP contribution in [0.5, 0.6) is 11.5 Å². The third-order valence-corrected chi connectivity index (χ3v) is 12.9. The van der Waals surface area contributed by atoms with Crippen molar-refractivity contribution in [2.24, 2.45) is 0 Å². The molecule has 0 saturated carbocycles. The maximum Gasteiger partial charge on any atom is 0.143 e. The minimum atomic E-state index is -0.513. The summed E-state index contributed by atoms with van der Waals surface area (Å²) >= 11 is 0. The van der Waals surface area contributed by atoms with Gasteiger partial charge in [0.05, 0.1) is 11.1 Å². The quantitative estimate of drug-likeness (QED) is 0.178. The maximum absolute atomic E-state index is 6.59. The third-order valence-electron chi connectivity index (χ3n) is 12.9. The first-order chi connectivity index (χ1) is 29.7. The lowest BCUT2D eigenvalue weighted by molar-refractivity contribution is 0.436. The lowest BCUT2D eigenvalue weighted by Crippen LogP contribution is -2.32. The molecule has 0 fully saturated rings. The fourth-order valence-electron chi connectivity index (χ4n) is 10.3. The Balaban J connectivity index is 0.976. The highest BCUT2D eigenvalue weighted by Gasteiger charge is 2.51. The molecule has 280 valence electrons. The standard InChI is InChI=1S/C57H35NO2/c1-3-15-42-37(12-1)14-11-21-52(42)58(41-30-33-53-47(35-41)46-32-26-38-13-2-4-16-43(38)56(46)60-53)40-28-24-36(25-29-40)39-27-31-45-44-17-5-6-18-48(44)57(51(45)34-39)49-19-7-9-22-54(49)59-55-23-10-8-20-50(55)57/h1-35H. The number of furan rings is 1. The summed E-state index contributed by atoms with van der Waals surface area (Å²) in [5, 5.41) is 6.90. The summed E-state index contributed by atoms with van der Waals surface area (Å²) in [5.41, 5.74) is 14.3. The second-order valence-corrected chi connectivity index (χ2v) is 16.0. The van der Waals surface area contributed by atoms with Crippen LogP contribution in [0.1, 0.15) is 22.3 Å². The van der Waals surface area contributed by atoms with Crippen LogP contribution in [0.3, 0.4) is 0 Å². The molecule has 3 nitrogen and oxygen atoms in total. The SMILES string of the molecule is c1ccc2c(c1)Oc1ccccc1C21c2ccccc2-c2ccc(-c3ccc(N(c4ccc5oc6c7ccccc7ccc6c5c4)c4cccc5ccccc45)cc3)cc21. The van der Waals surface area contributed by atoms with Crippen LogP contribution in [0.2, 0.25) is 0 Å². The van der Waals surface area contributed by atoms with Crippen molar-refractivity contribution >= 4 is 60.5 Å². The van der Waals surface area contributed by atoms with Gasteiger partial charge in [0.2, 0.25) is 0 Å². The number of benzene rings is 10. The van der Waals surface area contributed by atoms with E-state index < -0.39 is 5.41 Å². The summed E-state index contributed by atoms with van der Waals surface area (Å²) in [4.78, 5) is 2.38. The summed E-state index contributed by atoms with van der Waals surface area (Å²) in [6.07, 6.45) is 0. The number of hydrogen-bond acceptors (Lipinski definition) is 3. The van der Waals surface area contributed by atoms with E-state index in [4.69, 9.17) is 9.15 Å². The van der Waals surface area contributed by atoms with Gasteiger partial charge in [-0.1, -0.05) is 152 Å². The molecule has 0 bridgehead atoms. The molecule has 0 atom stereocenters. The van der Waals surface area contributed by atoms with Crippen LogP contribution in [0.15, 0.2) is 217 Å². The Kier molecular flexibility index (Phi) is 6.93. The van der Waals surface area contributed by atoms with Crippen LogP contribution in [0, 0.1) is 0 Å². The zero-order valence-electron chi connectivity index (χ0n) is 32.5. The molecule has 2 heterocycles. The predicted molar refractivity (Wildman–Crippen MR) is 246 cm³/mol. The molecule has 0 N–H and O–H groups in total. The van der Waals surface area contributed by atoms with Crippen LogP contribution >= 0.6 is 0 Å². The largest absolute Gasteiger partial charge is 0.457 e. The Morgan fingerprint density at radius 3 is 1.78 bits per heavy atom. The lowest BCUT2D eigenvalue weighted by atomic mass is 9.66. The highest BCUT2D eigenvalue weighted by atomic mass is 16.5. The molecular formula is C57H35NO2. The van der Waals surface area contributed by atoms with Crippen molar-refractivity contribution in [3.63, 3.8) is 0 Å². The normalized spacial score (nSPS) is 13.3. The van der Waals surface area contributed by atoms with Crippen LogP contribution in [-0.4, -0.2) is 0 Å². The summed E-state index contributed by atoms with van der Waals surface area (Å²) < 4.78 is 13.1. The van der Waals surface area contributed by atoms with Gasteiger partial charge in [-0.3, -0.25) is 0 Å². The molecule has 13 rings (SSSR count). The van der Waals surface area contributed by atoms with E-state index in [1.165, 1.54) is 55.1 Å². The van der Waals surface area contributed by atoms with E-state index in [-0.39, 0.29) is 0 Å². The van der Waals surface area contributed by atoms with E-state index in [0.29, 0.717) is 0 Å². The topological polar surface area (TPSA) is 25.6 Å². The van der Waals surface area contributed by atoms with Crippen LogP contribution in [0.25, 0.3) is 65.7 Å². The number of ether oxygens (including phenoxy) is 1. The van der Waals surface area contributed by atoms with Gasteiger partial charge in [-0.15, -0.1) is 0 Å². The number of para-hydroxylation sites is 2. The summed E-state index contributed by atoms with van der Waals surface area (Å²) in [6.45, 7) is 0. The van der Waals surface area contributed by atoms with E-state index in [0.717, 1.165) is 61.4 Å². The summed E-state index contributed by atoms with van der Waals surface area (Å²) in [7, 11) is 0.